The lowest BCUT2D eigenvalue weighted by Crippen LogP contribution is -2.38. The number of rotatable bonds is 2. The van der Waals surface area contributed by atoms with Gasteiger partial charge in [-0.2, -0.15) is 0 Å². The van der Waals surface area contributed by atoms with Gasteiger partial charge in [-0.05, 0) is 12.8 Å². The molecule has 1 amide bonds. The first-order valence-corrected chi connectivity index (χ1v) is 5.96. The minimum absolute atomic E-state index is 0.143. The van der Waals surface area contributed by atoms with Gasteiger partial charge in [0.1, 0.15) is 5.82 Å². The van der Waals surface area contributed by atoms with Crippen molar-refractivity contribution in [2.45, 2.75) is 25.7 Å². The Hall–Kier alpha value is -1.65. The van der Waals surface area contributed by atoms with Crippen LogP contribution in [0.5, 0.6) is 0 Å². The molecule has 0 bridgehead atoms. The van der Waals surface area contributed by atoms with E-state index in [-0.39, 0.29) is 5.91 Å². The van der Waals surface area contributed by atoms with Gasteiger partial charge in [-0.3, -0.25) is 9.78 Å². The molecule has 1 aliphatic rings. The predicted molar refractivity (Wildman–Crippen MR) is 65.8 cm³/mol. The predicted octanol–water partition coefficient (Wildman–Crippen LogP) is 1.24. The van der Waals surface area contributed by atoms with Crippen molar-refractivity contribution in [1.29, 1.82) is 0 Å². The number of nitrogens with zero attached hydrogens (tertiary/aromatic N) is 3. The van der Waals surface area contributed by atoms with Crippen LogP contribution in [-0.2, 0) is 4.79 Å². The van der Waals surface area contributed by atoms with Crippen LogP contribution in [0.1, 0.15) is 31.4 Å². The highest BCUT2D eigenvalue weighted by atomic mass is 16.2. The Balaban J connectivity index is 2.18. The molecule has 0 unspecified atom stereocenters. The average Bonchev–Trinajstić information content (AvgIpc) is 2.39. The molecule has 17 heavy (non-hydrogen) atoms. The summed E-state index contributed by atoms with van der Waals surface area (Å²) >= 11 is 0. The summed E-state index contributed by atoms with van der Waals surface area (Å²) in [6, 6.07) is 0. The second-order valence-electron chi connectivity index (χ2n) is 4.34. The van der Waals surface area contributed by atoms with E-state index in [9.17, 15) is 4.79 Å². The van der Waals surface area contributed by atoms with Crippen LogP contribution in [-0.4, -0.2) is 40.9 Å². The summed E-state index contributed by atoms with van der Waals surface area (Å²) in [5.41, 5.74) is 0.973. The third-order valence-electron chi connectivity index (χ3n) is 3.22. The van der Waals surface area contributed by atoms with Crippen LogP contribution in [0, 0.1) is 0 Å². The smallest absolute Gasteiger partial charge is 0.219 e. The molecule has 1 N–H and O–H groups in total. The Kier molecular flexibility index (Phi) is 3.56. The summed E-state index contributed by atoms with van der Waals surface area (Å²) in [6.07, 6.45) is 5.49. The van der Waals surface area contributed by atoms with E-state index < -0.39 is 0 Å². The first kappa shape index (κ1) is 11.8. The van der Waals surface area contributed by atoms with E-state index >= 15 is 0 Å². The number of carbonyl (C=O) groups excluding carboxylic acids is 1. The molecule has 92 valence electrons. The molecule has 0 radical (unpaired) electrons. The number of piperidine rings is 1. The first-order chi connectivity index (χ1) is 8.22. The van der Waals surface area contributed by atoms with Gasteiger partial charge < -0.3 is 10.2 Å². The maximum atomic E-state index is 11.4. The summed E-state index contributed by atoms with van der Waals surface area (Å²) in [6.45, 7) is 3.24. The monoisotopic (exact) mass is 234 g/mol. The molecule has 1 saturated heterocycles. The maximum Gasteiger partial charge on any atom is 0.219 e. The minimum Gasteiger partial charge on any atom is -0.372 e. The quantitative estimate of drug-likeness (QED) is 0.836. The van der Waals surface area contributed by atoms with Crippen molar-refractivity contribution >= 4 is 11.7 Å². The van der Waals surface area contributed by atoms with Gasteiger partial charge in [0.2, 0.25) is 5.91 Å². The normalized spacial score (nSPS) is 20.1. The Morgan fingerprint density at radius 1 is 1.47 bits per heavy atom. The molecule has 0 aliphatic carbocycles. The summed E-state index contributed by atoms with van der Waals surface area (Å²) in [5, 5.41) is 3.06. The number of carbonyl (C=O) groups is 1. The third-order valence-corrected chi connectivity index (χ3v) is 3.22. The zero-order chi connectivity index (χ0) is 12.3. The fourth-order valence-electron chi connectivity index (χ4n) is 2.33. The molecule has 1 aliphatic heterocycles. The zero-order valence-electron chi connectivity index (χ0n) is 10.3. The van der Waals surface area contributed by atoms with Crippen LogP contribution < -0.4 is 5.32 Å². The fraction of sp³-hybridized carbons (Fsp3) is 0.583. The molecule has 0 spiro atoms. The van der Waals surface area contributed by atoms with E-state index in [1.54, 1.807) is 19.3 Å². The fourth-order valence-corrected chi connectivity index (χ4v) is 2.33. The third kappa shape index (κ3) is 2.54. The molecule has 0 aromatic carbocycles. The highest BCUT2D eigenvalue weighted by molar-refractivity contribution is 5.73. The molecule has 0 saturated carbocycles. The van der Waals surface area contributed by atoms with Crippen LogP contribution in [0.3, 0.4) is 0 Å². The van der Waals surface area contributed by atoms with Crippen LogP contribution in [0.25, 0.3) is 0 Å². The topological polar surface area (TPSA) is 58.1 Å². The molecular weight excluding hydrogens is 216 g/mol. The van der Waals surface area contributed by atoms with Gasteiger partial charge in [-0.15, -0.1) is 0 Å². The molecular formula is C12H18N4O. The Morgan fingerprint density at radius 3 is 2.94 bits per heavy atom. The Labute approximate surface area is 101 Å². The number of nitrogens with one attached hydrogen (secondary N) is 1. The summed E-state index contributed by atoms with van der Waals surface area (Å²) < 4.78 is 0. The summed E-state index contributed by atoms with van der Waals surface area (Å²) in [4.78, 5) is 22.0. The van der Waals surface area contributed by atoms with Crippen molar-refractivity contribution in [3.05, 3.63) is 18.1 Å². The SMILES string of the molecule is CNc1nccnc1[C@H]1CCCN(C(C)=O)C1. The van der Waals surface area contributed by atoms with Gasteiger partial charge >= 0.3 is 0 Å². The molecule has 5 heteroatoms. The highest BCUT2D eigenvalue weighted by Gasteiger charge is 2.25. The van der Waals surface area contributed by atoms with E-state index in [2.05, 4.69) is 15.3 Å². The molecule has 2 rings (SSSR count). The van der Waals surface area contributed by atoms with Crippen molar-refractivity contribution in [2.75, 3.05) is 25.5 Å². The van der Waals surface area contributed by atoms with E-state index in [4.69, 9.17) is 0 Å². The molecule has 5 nitrogen and oxygen atoms in total. The van der Waals surface area contributed by atoms with Crippen LogP contribution in [0.15, 0.2) is 12.4 Å². The van der Waals surface area contributed by atoms with E-state index in [0.29, 0.717) is 5.92 Å². The van der Waals surface area contributed by atoms with Gasteiger partial charge in [0.15, 0.2) is 0 Å². The van der Waals surface area contributed by atoms with E-state index in [1.165, 1.54) is 0 Å². The molecule has 1 aromatic heterocycles. The standard InChI is InChI=1S/C12H18N4O/c1-9(17)16-7-3-4-10(8-16)11-12(13-2)15-6-5-14-11/h5-6,10H,3-4,7-8H2,1-2H3,(H,13,15)/t10-/m0/s1. The van der Waals surface area contributed by atoms with Crippen molar-refractivity contribution in [1.82, 2.24) is 14.9 Å². The van der Waals surface area contributed by atoms with Crippen molar-refractivity contribution in [2.24, 2.45) is 0 Å². The average molecular weight is 234 g/mol. The molecule has 1 atom stereocenters. The van der Waals surface area contributed by atoms with Gasteiger partial charge in [0, 0.05) is 45.4 Å². The second-order valence-corrected chi connectivity index (χ2v) is 4.34. The van der Waals surface area contributed by atoms with Gasteiger partial charge in [-0.1, -0.05) is 0 Å². The van der Waals surface area contributed by atoms with Crippen molar-refractivity contribution in [3.63, 3.8) is 0 Å². The second kappa shape index (κ2) is 5.12. The largest absolute Gasteiger partial charge is 0.372 e. The molecule has 1 aromatic rings. The van der Waals surface area contributed by atoms with Crippen LogP contribution >= 0.6 is 0 Å². The highest BCUT2D eigenvalue weighted by Crippen LogP contribution is 2.28. The van der Waals surface area contributed by atoms with Crippen LogP contribution in [0.4, 0.5) is 5.82 Å². The Morgan fingerprint density at radius 2 is 2.24 bits per heavy atom. The van der Waals surface area contributed by atoms with Crippen molar-refractivity contribution < 1.29 is 4.79 Å². The van der Waals surface area contributed by atoms with Crippen LogP contribution in [0.2, 0.25) is 0 Å². The number of anilines is 1. The molecule has 2 heterocycles. The number of hydrogen-bond donors (Lipinski definition) is 1. The summed E-state index contributed by atoms with van der Waals surface area (Å²) in [5.74, 6) is 1.26. The maximum absolute atomic E-state index is 11.4. The summed E-state index contributed by atoms with van der Waals surface area (Å²) in [7, 11) is 1.85. The van der Waals surface area contributed by atoms with Gasteiger partial charge in [-0.25, -0.2) is 4.98 Å². The van der Waals surface area contributed by atoms with E-state index in [1.807, 2.05) is 11.9 Å². The Bertz CT molecular complexity index is 407. The van der Waals surface area contributed by atoms with E-state index in [0.717, 1.165) is 37.4 Å². The van der Waals surface area contributed by atoms with Crippen molar-refractivity contribution in [3.8, 4) is 0 Å². The molecule has 1 fully saturated rings. The number of hydrogen-bond acceptors (Lipinski definition) is 4. The minimum atomic E-state index is 0.143. The number of aromatic nitrogens is 2. The lowest BCUT2D eigenvalue weighted by Gasteiger charge is -2.32. The lowest BCUT2D eigenvalue weighted by atomic mass is 9.94. The zero-order valence-corrected chi connectivity index (χ0v) is 10.3. The number of likely N-dealkylation sites (tertiary alicyclic amines) is 1. The van der Waals surface area contributed by atoms with Gasteiger partial charge in [0.05, 0.1) is 5.69 Å². The lowest BCUT2D eigenvalue weighted by molar-refractivity contribution is -0.130. The number of amides is 1. The van der Waals surface area contributed by atoms with Gasteiger partial charge in [0.25, 0.3) is 0 Å². The first-order valence-electron chi connectivity index (χ1n) is 5.96.